The number of nitrogens with one attached hydrogen (secondary N) is 1. The Labute approximate surface area is 127 Å². The molecule has 0 saturated carbocycles. The summed E-state index contributed by atoms with van der Waals surface area (Å²) in [5.41, 5.74) is 4.49. The fourth-order valence-corrected chi connectivity index (χ4v) is 1.39. The highest BCUT2D eigenvalue weighted by Gasteiger charge is 2.31. The third-order valence-corrected chi connectivity index (χ3v) is 2.44. The number of hydrogen-bond acceptors (Lipinski definition) is 3. The lowest BCUT2D eigenvalue weighted by Gasteiger charge is -2.16. The summed E-state index contributed by atoms with van der Waals surface area (Å²) in [4.78, 5) is 11.5. The van der Waals surface area contributed by atoms with Crippen molar-refractivity contribution in [3.05, 3.63) is 23.8 Å². The van der Waals surface area contributed by atoms with Gasteiger partial charge in [0.2, 0.25) is 5.91 Å². The number of halogens is 4. The van der Waals surface area contributed by atoms with E-state index in [1.54, 1.807) is 0 Å². The van der Waals surface area contributed by atoms with E-state index in [1.165, 1.54) is 13.0 Å². The first kappa shape index (κ1) is 19.5. The van der Waals surface area contributed by atoms with Crippen molar-refractivity contribution in [3.63, 3.8) is 0 Å². The van der Waals surface area contributed by atoms with Gasteiger partial charge in [-0.05, 0) is 31.5 Å². The number of carbonyl (C=O) groups is 1. The summed E-state index contributed by atoms with van der Waals surface area (Å²) in [5.74, 6) is -0.389. The molecule has 0 radical (unpaired) electrons. The lowest BCUT2D eigenvalue weighted by Crippen LogP contribution is -2.32. The first-order valence-corrected chi connectivity index (χ1v) is 6.16. The lowest BCUT2D eigenvalue weighted by atomic mass is 10.1. The van der Waals surface area contributed by atoms with Gasteiger partial charge >= 0.3 is 6.18 Å². The first-order valence-electron chi connectivity index (χ1n) is 6.16. The Morgan fingerprint density at radius 2 is 2.05 bits per heavy atom. The molecule has 21 heavy (non-hydrogen) atoms. The highest BCUT2D eigenvalue weighted by atomic mass is 35.5. The molecule has 0 bridgehead atoms. The van der Waals surface area contributed by atoms with E-state index in [0.717, 1.165) is 12.1 Å². The van der Waals surface area contributed by atoms with Crippen molar-refractivity contribution in [2.75, 3.05) is 11.9 Å². The number of benzene rings is 1. The number of hydrogen-bond donors (Lipinski definition) is 2. The van der Waals surface area contributed by atoms with Gasteiger partial charge < -0.3 is 15.8 Å². The van der Waals surface area contributed by atoms with Crippen molar-refractivity contribution in [2.45, 2.75) is 32.5 Å². The van der Waals surface area contributed by atoms with Crippen molar-refractivity contribution in [1.82, 2.24) is 0 Å². The summed E-state index contributed by atoms with van der Waals surface area (Å²) >= 11 is 0. The highest BCUT2D eigenvalue weighted by Crippen LogP contribution is 2.35. The van der Waals surface area contributed by atoms with Gasteiger partial charge in [0.05, 0.1) is 23.9 Å². The van der Waals surface area contributed by atoms with Gasteiger partial charge in [-0.3, -0.25) is 4.79 Å². The zero-order valence-corrected chi connectivity index (χ0v) is 12.5. The highest BCUT2D eigenvalue weighted by molar-refractivity contribution is 5.95. The van der Waals surface area contributed by atoms with E-state index in [1.807, 2.05) is 6.92 Å². The monoisotopic (exact) mass is 326 g/mol. The van der Waals surface area contributed by atoms with E-state index in [4.69, 9.17) is 10.5 Å². The van der Waals surface area contributed by atoms with Crippen LogP contribution in [-0.2, 0) is 11.0 Å². The van der Waals surface area contributed by atoms with Crippen LogP contribution in [0.1, 0.15) is 25.8 Å². The molecule has 0 fully saturated rings. The number of anilines is 1. The largest absolute Gasteiger partial charge is 0.491 e. The van der Waals surface area contributed by atoms with Crippen molar-refractivity contribution in [3.8, 4) is 5.75 Å². The van der Waals surface area contributed by atoms with Crippen molar-refractivity contribution >= 4 is 24.0 Å². The van der Waals surface area contributed by atoms with E-state index >= 15 is 0 Å². The molecule has 8 heteroatoms. The average molecular weight is 327 g/mol. The van der Waals surface area contributed by atoms with Crippen LogP contribution in [0, 0.1) is 0 Å². The van der Waals surface area contributed by atoms with Crippen LogP contribution in [0.5, 0.6) is 5.75 Å². The fourth-order valence-electron chi connectivity index (χ4n) is 1.39. The fraction of sp³-hybridized carbons (Fsp3) is 0.462. The van der Waals surface area contributed by atoms with Gasteiger partial charge in [0.1, 0.15) is 5.75 Å². The predicted molar refractivity (Wildman–Crippen MR) is 76.8 cm³/mol. The second-order valence-corrected chi connectivity index (χ2v) is 4.34. The standard InChI is InChI=1S/C13H17F3N2O2.ClH/c1-3-6-20-11-5-4-9(13(14,15)16)7-10(11)18-12(19)8(2)17;/h4-5,7-8H,3,6,17H2,1-2H3,(H,18,19);1H/t8-;/m0./s1. The average Bonchev–Trinajstić information content (AvgIpc) is 2.35. The molecule has 0 aromatic heterocycles. The van der Waals surface area contributed by atoms with Crippen LogP contribution >= 0.6 is 12.4 Å². The molecule has 0 heterocycles. The van der Waals surface area contributed by atoms with Gasteiger partial charge in [-0.2, -0.15) is 13.2 Å². The Kier molecular flexibility index (Phi) is 7.52. The van der Waals surface area contributed by atoms with Crippen LogP contribution in [0.4, 0.5) is 18.9 Å². The molecular weight excluding hydrogens is 309 g/mol. The molecule has 1 atom stereocenters. The van der Waals surface area contributed by atoms with E-state index in [2.05, 4.69) is 5.32 Å². The van der Waals surface area contributed by atoms with E-state index < -0.39 is 23.7 Å². The molecule has 3 N–H and O–H groups in total. The number of carbonyl (C=O) groups excluding carboxylic acids is 1. The van der Waals surface area contributed by atoms with Crippen LogP contribution in [0.3, 0.4) is 0 Å². The number of nitrogens with two attached hydrogens (primary N) is 1. The Morgan fingerprint density at radius 1 is 1.43 bits per heavy atom. The molecule has 0 aliphatic heterocycles. The zero-order chi connectivity index (χ0) is 15.3. The Morgan fingerprint density at radius 3 is 2.52 bits per heavy atom. The van der Waals surface area contributed by atoms with E-state index in [0.29, 0.717) is 13.0 Å². The second kappa shape index (κ2) is 8.09. The summed E-state index contributed by atoms with van der Waals surface area (Å²) in [6.07, 6.45) is -3.79. The van der Waals surface area contributed by atoms with Gasteiger partial charge in [0, 0.05) is 0 Å². The predicted octanol–water partition coefficient (Wildman–Crippen LogP) is 3.20. The van der Waals surface area contributed by atoms with Gasteiger partial charge in [-0.25, -0.2) is 0 Å². The van der Waals surface area contributed by atoms with Crippen LogP contribution < -0.4 is 15.8 Å². The van der Waals surface area contributed by atoms with Gasteiger partial charge in [0.25, 0.3) is 0 Å². The molecule has 1 amide bonds. The Balaban J connectivity index is 0.00000400. The van der Waals surface area contributed by atoms with E-state index in [9.17, 15) is 18.0 Å². The van der Waals surface area contributed by atoms with E-state index in [-0.39, 0.29) is 23.8 Å². The quantitative estimate of drug-likeness (QED) is 0.873. The summed E-state index contributed by atoms with van der Waals surface area (Å²) in [6.45, 7) is 3.65. The molecule has 1 aromatic carbocycles. The smallest absolute Gasteiger partial charge is 0.416 e. The zero-order valence-electron chi connectivity index (χ0n) is 11.7. The number of amides is 1. The summed E-state index contributed by atoms with van der Waals surface area (Å²) in [7, 11) is 0. The molecule has 0 aliphatic carbocycles. The molecule has 1 aromatic rings. The normalized spacial score (nSPS) is 12.3. The SMILES string of the molecule is CCCOc1ccc(C(F)(F)F)cc1NC(=O)[C@H](C)N.Cl. The molecule has 0 saturated heterocycles. The van der Waals surface area contributed by atoms with Gasteiger partial charge in [-0.1, -0.05) is 6.92 Å². The molecule has 120 valence electrons. The molecule has 0 aliphatic rings. The second-order valence-electron chi connectivity index (χ2n) is 4.34. The molecular formula is C13H18ClF3N2O2. The topological polar surface area (TPSA) is 64.3 Å². The maximum absolute atomic E-state index is 12.7. The Hall–Kier alpha value is -1.47. The third-order valence-electron chi connectivity index (χ3n) is 2.44. The number of alkyl halides is 3. The number of ether oxygens (including phenoxy) is 1. The van der Waals surface area contributed by atoms with Crippen LogP contribution in [-0.4, -0.2) is 18.6 Å². The molecule has 0 spiro atoms. The minimum Gasteiger partial charge on any atom is -0.491 e. The van der Waals surface area contributed by atoms with Gasteiger partial charge in [0.15, 0.2) is 0 Å². The maximum atomic E-state index is 12.7. The summed E-state index contributed by atoms with van der Waals surface area (Å²) in [5, 5.41) is 2.34. The summed E-state index contributed by atoms with van der Waals surface area (Å²) in [6, 6.07) is 2.11. The molecule has 1 rings (SSSR count). The Bertz CT molecular complexity index is 479. The minimum atomic E-state index is -4.49. The van der Waals surface area contributed by atoms with Crippen LogP contribution in [0.15, 0.2) is 18.2 Å². The maximum Gasteiger partial charge on any atom is 0.416 e. The van der Waals surface area contributed by atoms with Gasteiger partial charge in [-0.15, -0.1) is 12.4 Å². The van der Waals surface area contributed by atoms with Crippen molar-refractivity contribution in [2.24, 2.45) is 5.73 Å². The lowest BCUT2D eigenvalue weighted by molar-refractivity contribution is -0.137. The third kappa shape index (κ3) is 5.81. The first-order chi connectivity index (χ1) is 9.25. The summed E-state index contributed by atoms with van der Waals surface area (Å²) < 4.78 is 43.3. The van der Waals surface area contributed by atoms with Crippen molar-refractivity contribution in [1.29, 1.82) is 0 Å². The molecule has 4 nitrogen and oxygen atoms in total. The van der Waals surface area contributed by atoms with Crippen molar-refractivity contribution < 1.29 is 22.7 Å². The van der Waals surface area contributed by atoms with Crippen LogP contribution in [0.2, 0.25) is 0 Å². The van der Waals surface area contributed by atoms with Crippen LogP contribution in [0.25, 0.3) is 0 Å². The minimum absolute atomic E-state index is 0. The molecule has 0 unspecified atom stereocenters. The number of rotatable bonds is 5.